The molecule has 2 aliphatic heterocycles. The molecule has 3 atom stereocenters. The molecule has 0 saturated carbocycles. The van der Waals surface area contributed by atoms with Crippen LogP contribution in [0.25, 0.3) is 0 Å². The van der Waals surface area contributed by atoms with E-state index >= 15 is 0 Å². The second kappa shape index (κ2) is 12.0. The van der Waals surface area contributed by atoms with Gasteiger partial charge in [-0.15, -0.1) is 0 Å². The molecule has 0 aromatic heterocycles. The number of nitrogens with zero attached hydrogens (tertiary/aromatic N) is 4. The van der Waals surface area contributed by atoms with Crippen LogP contribution in [0.5, 0.6) is 5.75 Å². The number of aliphatic imine (C=N–C) groups is 1. The first-order valence-electron chi connectivity index (χ1n) is 12.1. The summed E-state index contributed by atoms with van der Waals surface area (Å²) in [5.74, 6) is 0.521. The monoisotopic (exact) mass is 472 g/mol. The largest absolute Gasteiger partial charge is 0.492 e. The van der Waals surface area contributed by atoms with Crippen molar-refractivity contribution in [1.29, 1.82) is 0 Å². The van der Waals surface area contributed by atoms with Gasteiger partial charge >= 0.3 is 5.97 Å². The van der Waals surface area contributed by atoms with E-state index in [0.29, 0.717) is 31.9 Å². The molecule has 0 saturated heterocycles. The van der Waals surface area contributed by atoms with Crippen LogP contribution in [-0.2, 0) is 20.7 Å². The zero-order valence-electron chi connectivity index (χ0n) is 20.6. The van der Waals surface area contributed by atoms with Crippen molar-refractivity contribution < 1.29 is 24.2 Å². The summed E-state index contributed by atoms with van der Waals surface area (Å²) in [5.41, 5.74) is 1.84. The maximum Gasteiger partial charge on any atom is 0.333 e. The van der Waals surface area contributed by atoms with Crippen molar-refractivity contribution in [2.24, 2.45) is 10.1 Å². The highest BCUT2D eigenvalue weighted by Crippen LogP contribution is 2.27. The molecule has 1 aromatic rings. The first-order valence-corrected chi connectivity index (χ1v) is 12.1. The third-order valence-corrected chi connectivity index (χ3v) is 6.00. The Labute approximate surface area is 201 Å². The number of amides is 1. The molecule has 3 rings (SSSR count). The van der Waals surface area contributed by atoms with E-state index < -0.39 is 12.1 Å². The lowest BCUT2D eigenvalue weighted by atomic mass is 9.98. The van der Waals surface area contributed by atoms with Gasteiger partial charge in [-0.3, -0.25) is 19.7 Å². The Bertz CT molecular complexity index is 914. The average Bonchev–Trinajstić information content (AvgIpc) is 3.12. The number of hydrazone groups is 1. The third kappa shape index (κ3) is 5.94. The molecule has 0 spiro atoms. The van der Waals surface area contributed by atoms with E-state index in [1.807, 2.05) is 31.3 Å². The van der Waals surface area contributed by atoms with E-state index in [1.165, 1.54) is 0 Å². The molecular weight excluding hydrogens is 436 g/mol. The maximum atomic E-state index is 13.4. The topological polar surface area (TPSA) is 104 Å². The molecule has 0 fully saturated rings. The number of aliphatic carboxylic acids is 1. The quantitative estimate of drug-likeness (QED) is 0.473. The molecule has 1 amide bonds. The lowest BCUT2D eigenvalue weighted by Gasteiger charge is -2.35. The molecular formula is C25H36N4O5. The van der Waals surface area contributed by atoms with Crippen LogP contribution in [0.15, 0.2) is 34.4 Å². The predicted molar refractivity (Wildman–Crippen MR) is 130 cm³/mol. The highest BCUT2D eigenvalue weighted by Gasteiger charge is 2.46. The van der Waals surface area contributed by atoms with Gasteiger partial charge in [-0.1, -0.05) is 32.4 Å². The number of hydrogen-bond donors (Lipinski definition) is 1. The Hall–Kier alpha value is -2.94. The van der Waals surface area contributed by atoms with Gasteiger partial charge in [0.25, 0.3) is 5.91 Å². The second-order valence-electron chi connectivity index (χ2n) is 8.57. The molecule has 186 valence electrons. The lowest BCUT2D eigenvalue weighted by molar-refractivity contribution is -0.150. The number of carbonyl (C=O) groups is 2. The fourth-order valence-corrected chi connectivity index (χ4v) is 4.39. The summed E-state index contributed by atoms with van der Waals surface area (Å²) in [6.45, 7) is 7.05. The number of hydrogen-bond acceptors (Lipinski definition) is 7. The highest BCUT2D eigenvalue weighted by molar-refractivity contribution is 6.09. The minimum absolute atomic E-state index is 0.0235. The number of carboxylic acids is 1. The van der Waals surface area contributed by atoms with Gasteiger partial charge in [0.15, 0.2) is 12.1 Å². The van der Waals surface area contributed by atoms with E-state index in [1.54, 1.807) is 16.8 Å². The lowest BCUT2D eigenvalue weighted by Crippen LogP contribution is -2.56. The number of ether oxygens (including phenoxy) is 2. The van der Waals surface area contributed by atoms with Gasteiger partial charge in [-0.25, -0.2) is 4.79 Å². The molecule has 3 unspecified atom stereocenters. The Kier molecular flexibility index (Phi) is 9.04. The van der Waals surface area contributed by atoms with Gasteiger partial charge in [0.1, 0.15) is 24.2 Å². The van der Waals surface area contributed by atoms with Gasteiger partial charge in [0, 0.05) is 26.5 Å². The number of amidine groups is 1. The van der Waals surface area contributed by atoms with Crippen LogP contribution in [0.2, 0.25) is 0 Å². The van der Waals surface area contributed by atoms with Crippen molar-refractivity contribution in [2.45, 2.75) is 71.1 Å². The fraction of sp³-hybridized carbons (Fsp3) is 0.600. The molecule has 1 aromatic carbocycles. The summed E-state index contributed by atoms with van der Waals surface area (Å²) in [5, 5.41) is 15.6. The minimum Gasteiger partial charge on any atom is -0.492 e. The molecule has 0 aliphatic carbocycles. The zero-order chi connectivity index (χ0) is 24.7. The number of benzene rings is 1. The average molecular weight is 473 g/mol. The Morgan fingerprint density at radius 1 is 1.15 bits per heavy atom. The molecule has 0 radical (unpaired) electrons. The summed E-state index contributed by atoms with van der Waals surface area (Å²) in [4.78, 5) is 31.3. The van der Waals surface area contributed by atoms with Crippen LogP contribution in [0, 0.1) is 0 Å². The van der Waals surface area contributed by atoms with Crippen LogP contribution in [0.1, 0.15) is 52.0 Å². The van der Waals surface area contributed by atoms with Gasteiger partial charge in [-0.2, -0.15) is 5.10 Å². The maximum absolute atomic E-state index is 13.4. The molecule has 2 aliphatic rings. The first kappa shape index (κ1) is 25.7. The van der Waals surface area contributed by atoms with Crippen LogP contribution >= 0.6 is 0 Å². The van der Waals surface area contributed by atoms with Crippen molar-refractivity contribution in [3.8, 4) is 5.75 Å². The van der Waals surface area contributed by atoms with Crippen molar-refractivity contribution in [3.05, 3.63) is 29.8 Å². The van der Waals surface area contributed by atoms with E-state index in [2.05, 4.69) is 18.9 Å². The number of rotatable bonds is 13. The van der Waals surface area contributed by atoms with Crippen LogP contribution in [0.4, 0.5) is 0 Å². The van der Waals surface area contributed by atoms with Crippen molar-refractivity contribution in [3.63, 3.8) is 0 Å². The van der Waals surface area contributed by atoms with Crippen molar-refractivity contribution in [1.82, 2.24) is 9.91 Å². The SMILES string of the molecule is CCCC1=NN(C)C2C(=O)N(CCOc3ccc(CC(OCC)C(=O)O)cc3)C(CCC)=NC12. The zero-order valence-corrected chi connectivity index (χ0v) is 20.6. The van der Waals surface area contributed by atoms with E-state index in [0.717, 1.165) is 42.8 Å². The summed E-state index contributed by atoms with van der Waals surface area (Å²) in [7, 11) is 1.84. The van der Waals surface area contributed by atoms with Crippen molar-refractivity contribution >= 4 is 23.4 Å². The Balaban J connectivity index is 1.61. The normalized spacial score (nSPS) is 20.6. The van der Waals surface area contributed by atoms with Gasteiger partial charge in [0.2, 0.25) is 0 Å². The van der Waals surface area contributed by atoms with Gasteiger partial charge in [-0.05, 0) is 37.5 Å². The van der Waals surface area contributed by atoms with E-state index in [9.17, 15) is 14.7 Å². The Morgan fingerprint density at radius 2 is 1.85 bits per heavy atom. The van der Waals surface area contributed by atoms with Crippen LogP contribution in [0.3, 0.4) is 0 Å². The standard InChI is InChI=1S/C25H36N4O5/c1-5-8-19-22-23(28(4)27-19)24(30)29(21(26-22)9-6-2)14-15-34-18-12-10-17(11-13-18)16-20(25(31)32)33-7-3/h10-13,20,22-23H,5-9,14-16H2,1-4H3,(H,31,32). The number of carboxylic acid groups (broad SMARTS) is 1. The number of fused-ring (bicyclic) bond motifs is 1. The van der Waals surface area contributed by atoms with E-state index in [4.69, 9.17) is 14.5 Å². The highest BCUT2D eigenvalue weighted by atomic mass is 16.5. The molecule has 2 heterocycles. The summed E-state index contributed by atoms with van der Waals surface area (Å²) in [6.07, 6.45) is 2.88. The second-order valence-corrected chi connectivity index (χ2v) is 8.57. The van der Waals surface area contributed by atoms with Crippen molar-refractivity contribution in [2.75, 3.05) is 26.8 Å². The molecule has 9 nitrogen and oxygen atoms in total. The smallest absolute Gasteiger partial charge is 0.333 e. The summed E-state index contributed by atoms with van der Waals surface area (Å²) in [6, 6.07) is 6.73. The fourth-order valence-electron chi connectivity index (χ4n) is 4.39. The Morgan fingerprint density at radius 3 is 2.47 bits per heavy atom. The van der Waals surface area contributed by atoms with Gasteiger partial charge in [0.05, 0.1) is 12.3 Å². The van der Waals surface area contributed by atoms with Crippen LogP contribution < -0.4 is 4.74 Å². The summed E-state index contributed by atoms with van der Waals surface area (Å²) >= 11 is 0. The third-order valence-electron chi connectivity index (χ3n) is 6.00. The van der Waals surface area contributed by atoms with Gasteiger partial charge < -0.3 is 14.6 Å². The first-order chi connectivity index (χ1) is 16.4. The molecule has 9 heteroatoms. The van der Waals surface area contributed by atoms with Crippen LogP contribution in [-0.4, -0.2) is 83.4 Å². The van der Waals surface area contributed by atoms with E-state index in [-0.39, 0.29) is 18.0 Å². The predicted octanol–water partition coefficient (Wildman–Crippen LogP) is 2.98. The molecule has 34 heavy (non-hydrogen) atoms. The molecule has 0 bridgehead atoms. The number of likely N-dealkylation sites (N-methyl/N-ethyl adjacent to an activating group) is 1. The molecule has 1 N–H and O–H groups in total. The number of carbonyl (C=O) groups excluding carboxylic acids is 1. The summed E-state index contributed by atoms with van der Waals surface area (Å²) < 4.78 is 11.2. The minimum atomic E-state index is -0.972.